The third-order valence-electron chi connectivity index (χ3n) is 5.22. The highest BCUT2D eigenvalue weighted by Gasteiger charge is 2.45. The van der Waals surface area contributed by atoms with Gasteiger partial charge >= 0.3 is 0 Å². The molecule has 0 radical (unpaired) electrons. The summed E-state index contributed by atoms with van der Waals surface area (Å²) in [7, 11) is -2.22. The molecule has 1 fully saturated rings. The van der Waals surface area contributed by atoms with Gasteiger partial charge in [0.25, 0.3) is 0 Å². The van der Waals surface area contributed by atoms with Crippen molar-refractivity contribution in [3.8, 4) is 0 Å². The monoisotopic (exact) mass is 399 g/mol. The van der Waals surface area contributed by atoms with E-state index in [1.165, 1.54) is 6.33 Å². The van der Waals surface area contributed by atoms with Gasteiger partial charge in [-0.2, -0.15) is 4.98 Å². The summed E-state index contributed by atoms with van der Waals surface area (Å²) in [6, 6.07) is 0. The minimum Gasteiger partial charge on any atom is -0.411 e. The molecule has 0 aliphatic carbocycles. The fraction of sp³-hybridized carbons (Fsp3) is 0.688. The number of aromatic nitrogens is 4. The smallest absolute Gasteiger partial charge is 0.200 e. The molecular weight excluding hydrogens is 370 g/mol. The van der Waals surface area contributed by atoms with E-state index in [0.717, 1.165) is 0 Å². The Bertz CT molecular complexity index is 937. The molecule has 144 valence electrons. The van der Waals surface area contributed by atoms with Crippen molar-refractivity contribution in [1.82, 2.24) is 19.5 Å². The number of ether oxygens (including phenoxy) is 1. The Hall–Kier alpha value is -1.33. The quantitative estimate of drug-likeness (QED) is 0.535. The number of hydrogen-bond acceptors (Lipinski definition) is 7. The molecular formula is C16H27N5O3SSi. The second kappa shape index (κ2) is 6.68. The first-order chi connectivity index (χ1) is 12.7. The Morgan fingerprint density at radius 3 is 2.88 bits per heavy atom. The Balaban J connectivity index is 1.97. The van der Waals surface area contributed by atoms with Gasteiger partial charge in [-0.1, -0.05) is 33.0 Å². The standard InChI is InChI=1S/C16H27N5O3SSi/c1-16(2,3)26(4,5)24-9-6-11(23-10(9)7-22)21-8-18-12-13(21)19-15(17)20-14(12)25/h8-11,22H,6-7H2,1-5H3,(H3,17,19,20,25)/t9-,10+,11+/m0/s1/i7D2. The lowest BCUT2D eigenvalue weighted by Gasteiger charge is -2.39. The maximum Gasteiger partial charge on any atom is 0.200 e. The van der Waals surface area contributed by atoms with Gasteiger partial charge in [0.05, 0.1) is 21.7 Å². The van der Waals surface area contributed by atoms with Gasteiger partial charge < -0.3 is 25.0 Å². The third kappa shape index (κ3) is 3.43. The maximum atomic E-state index is 10.1. The predicted molar refractivity (Wildman–Crippen MR) is 105 cm³/mol. The van der Waals surface area contributed by atoms with E-state index in [0.29, 0.717) is 22.2 Å². The molecule has 1 aliphatic rings. The van der Waals surface area contributed by atoms with Gasteiger partial charge in [0.2, 0.25) is 5.95 Å². The average Bonchev–Trinajstić information content (AvgIpc) is 3.08. The first-order valence-corrected chi connectivity index (χ1v) is 11.8. The Morgan fingerprint density at radius 2 is 2.27 bits per heavy atom. The second-order valence-corrected chi connectivity index (χ2v) is 13.2. The number of hydrogen-bond donors (Lipinski definition) is 3. The molecule has 10 heteroatoms. The number of nitrogens with zero attached hydrogens (tertiary/aromatic N) is 3. The van der Waals surface area contributed by atoms with Crippen molar-refractivity contribution in [1.29, 1.82) is 0 Å². The Labute approximate surface area is 161 Å². The van der Waals surface area contributed by atoms with E-state index in [-0.39, 0.29) is 11.0 Å². The summed E-state index contributed by atoms with van der Waals surface area (Å²) in [5.41, 5.74) is 6.69. The number of nitrogens with two attached hydrogens (primary N) is 1. The average molecular weight is 400 g/mol. The van der Waals surface area contributed by atoms with Crippen LogP contribution in [0.3, 0.4) is 0 Å². The molecule has 26 heavy (non-hydrogen) atoms. The molecule has 3 atom stereocenters. The highest BCUT2D eigenvalue weighted by molar-refractivity contribution is 7.71. The number of anilines is 1. The fourth-order valence-corrected chi connectivity index (χ4v) is 4.33. The maximum absolute atomic E-state index is 10.1. The summed E-state index contributed by atoms with van der Waals surface area (Å²) in [6.07, 6.45) is -0.492. The zero-order valence-electron chi connectivity index (χ0n) is 17.6. The van der Waals surface area contributed by atoms with Gasteiger partial charge in [-0.25, -0.2) is 4.98 Å². The van der Waals surface area contributed by atoms with Gasteiger partial charge in [-0.3, -0.25) is 4.57 Å². The van der Waals surface area contributed by atoms with Gasteiger partial charge in [0.15, 0.2) is 14.0 Å². The molecule has 0 aromatic carbocycles. The van der Waals surface area contributed by atoms with Crippen molar-refractivity contribution < 1.29 is 17.0 Å². The van der Waals surface area contributed by atoms with Crippen molar-refractivity contribution >= 4 is 37.6 Å². The normalized spacial score (nSPS) is 26.2. The Kier molecular flexibility index (Phi) is 4.32. The van der Waals surface area contributed by atoms with E-state index in [1.54, 1.807) is 4.57 Å². The van der Waals surface area contributed by atoms with Crippen LogP contribution in [0.1, 0.15) is 36.2 Å². The van der Waals surface area contributed by atoms with Gasteiger partial charge in [0.1, 0.15) is 22.5 Å². The Morgan fingerprint density at radius 1 is 1.58 bits per heavy atom. The van der Waals surface area contributed by atoms with E-state index in [2.05, 4.69) is 48.8 Å². The van der Waals surface area contributed by atoms with Crippen molar-refractivity contribution in [2.45, 2.75) is 63.8 Å². The van der Waals surface area contributed by atoms with Crippen molar-refractivity contribution in [2.24, 2.45) is 0 Å². The number of nitrogen functional groups attached to an aromatic ring is 1. The summed E-state index contributed by atoms with van der Waals surface area (Å²) in [6.45, 7) is 7.92. The number of rotatable bonds is 4. The van der Waals surface area contributed by atoms with Crippen LogP contribution in [0.2, 0.25) is 18.1 Å². The molecule has 0 spiro atoms. The van der Waals surface area contributed by atoms with Crippen LogP contribution in [0.4, 0.5) is 5.95 Å². The molecule has 3 heterocycles. The third-order valence-corrected chi connectivity index (χ3v) is 10.0. The topological polar surface area (TPSA) is 111 Å². The van der Waals surface area contributed by atoms with E-state index < -0.39 is 33.3 Å². The molecule has 8 nitrogen and oxygen atoms in total. The number of aromatic amines is 1. The van der Waals surface area contributed by atoms with E-state index in [1.807, 2.05) is 0 Å². The summed E-state index contributed by atoms with van der Waals surface area (Å²) in [4.78, 5) is 11.3. The van der Waals surface area contributed by atoms with Crippen LogP contribution in [0, 0.1) is 4.64 Å². The van der Waals surface area contributed by atoms with E-state index >= 15 is 0 Å². The zero-order chi connectivity index (χ0) is 21.1. The summed E-state index contributed by atoms with van der Waals surface area (Å²) < 4.78 is 30.0. The van der Waals surface area contributed by atoms with Crippen LogP contribution in [-0.2, 0) is 9.16 Å². The van der Waals surface area contributed by atoms with Crippen LogP contribution >= 0.6 is 12.2 Å². The molecule has 2 aromatic rings. The lowest BCUT2D eigenvalue weighted by molar-refractivity contribution is -0.0410. The molecule has 1 aliphatic heterocycles. The molecule has 3 rings (SSSR count). The molecule has 2 aromatic heterocycles. The van der Waals surface area contributed by atoms with Crippen LogP contribution in [-0.4, -0.2) is 51.7 Å². The predicted octanol–water partition coefficient (Wildman–Crippen LogP) is 2.74. The van der Waals surface area contributed by atoms with Gasteiger partial charge in [-0.05, 0) is 18.1 Å². The number of imidazole rings is 1. The first kappa shape index (κ1) is 16.8. The number of nitrogens with one attached hydrogen (secondary N) is 1. The SMILES string of the molecule is [2H]C([2H])(O)[C@H]1O[C@@H](n2cnc3c(=S)[nH]c(N)nc32)C[C@@H]1O[Si](C)(C)C(C)(C)C. The van der Waals surface area contributed by atoms with Crippen molar-refractivity contribution in [3.63, 3.8) is 0 Å². The minimum absolute atomic E-state index is 0.0669. The molecule has 0 bridgehead atoms. The van der Waals surface area contributed by atoms with Gasteiger partial charge in [-0.15, -0.1) is 0 Å². The van der Waals surface area contributed by atoms with Crippen molar-refractivity contribution in [3.05, 3.63) is 11.0 Å². The van der Waals surface area contributed by atoms with Crippen LogP contribution in [0.15, 0.2) is 6.33 Å². The number of H-pyrrole nitrogens is 1. The molecule has 0 unspecified atom stereocenters. The van der Waals surface area contributed by atoms with Crippen molar-refractivity contribution in [2.75, 3.05) is 12.3 Å². The fourth-order valence-electron chi connectivity index (χ4n) is 2.75. The van der Waals surface area contributed by atoms with Crippen LogP contribution in [0.25, 0.3) is 11.2 Å². The van der Waals surface area contributed by atoms with Crippen LogP contribution in [0.5, 0.6) is 0 Å². The highest BCUT2D eigenvalue weighted by atomic mass is 32.1. The van der Waals surface area contributed by atoms with E-state index in [9.17, 15) is 5.11 Å². The largest absolute Gasteiger partial charge is 0.411 e. The summed E-state index contributed by atoms with van der Waals surface area (Å²) in [5.74, 6) is 0.153. The lowest BCUT2D eigenvalue weighted by Crippen LogP contribution is -2.46. The minimum atomic E-state index is -2.55. The molecule has 0 amide bonds. The highest BCUT2D eigenvalue weighted by Crippen LogP contribution is 2.41. The summed E-state index contributed by atoms with van der Waals surface area (Å²) >= 11 is 5.24. The zero-order valence-corrected chi connectivity index (χ0v) is 17.4. The number of fused-ring (bicyclic) bond motifs is 1. The second-order valence-electron chi connectivity index (χ2n) is 8.07. The van der Waals surface area contributed by atoms with E-state index in [4.69, 9.17) is 29.9 Å². The molecule has 4 N–H and O–H groups in total. The van der Waals surface area contributed by atoms with Crippen LogP contribution < -0.4 is 5.73 Å². The molecule has 1 saturated heterocycles. The first-order valence-electron chi connectivity index (χ1n) is 9.49. The van der Waals surface area contributed by atoms with Gasteiger partial charge in [0, 0.05) is 6.42 Å². The lowest BCUT2D eigenvalue weighted by atomic mass is 10.2. The summed E-state index contributed by atoms with van der Waals surface area (Å²) in [5, 5.41) is 10.00. The molecule has 0 saturated carbocycles. The number of aliphatic hydroxyl groups is 1.